The number of hydrogen-bond acceptors (Lipinski definition) is 6. The number of rotatable bonds is 40. The first-order valence-electron chi connectivity index (χ1n) is 22.3. The molecule has 0 fully saturated rings. The maximum Gasteiger partial charge on any atom is 0.306 e. The van der Waals surface area contributed by atoms with Crippen LogP contribution in [0.1, 0.15) is 233 Å². The summed E-state index contributed by atoms with van der Waals surface area (Å²) in [5.41, 5.74) is 0. The largest absolute Gasteiger partial charge is 0.462 e. The Morgan fingerprint density at radius 1 is 0.365 bits per heavy atom. The van der Waals surface area contributed by atoms with E-state index < -0.39 is 6.10 Å². The zero-order chi connectivity index (χ0) is 38.0. The van der Waals surface area contributed by atoms with E-state index in [1.807, 2.05) is 0 Å². The van der Waals surface area contributed by atoms with Gasteiger partial charge in [0.1, 0.15) is 13.2 Å². The second-order valence-electron chi connectivity index (χ2n) is 15.0. The van der Waals surface area contributed by atoms with Crippen molar-refractivity contribution < 1.29 is 28.6 Å². The first-order chi connectivity index (χ1) is 25.5. The van der Waals surface area contributed by atoms with E-state index in [1.165, 1.54) is 116 Å². The molecule has 52 heavy (non-hydrogen) atoms. The van der Waals surface area contributed by atoms with Gasteiger partial charge in [-0.1, -0.05) is 173 Å². The predicted molar refractivity (Wildman–Crippen MR) is 219 cm³/mol. The van der Waals surface area contributed by atoms with E-state index >= 15 is 0 Å². The van der Waals surface area contributed by atoms with E-state index in [9.17, 15) is 14.4 Å². The summed E-state index contributed by atoms with van der Waals surface area (Å²) in [5.74, 6) is -0.898. The summed E-state index contributed by atoms with van der Waals surface area (Å²) in [6.45, 7) is 6.50. The van der Waals surface area contributed by atoms with Gasteiger partial charge in [0.25, 0.3) is 0 Å². The van der Waals surface area contributed by atoms with Gasteiger partial charge >= 0.3 is 17.9 Å². The minimum absolute atomic E-state index is 0.0752. The van der Waals surface area contributed by atoms with E-state index in [2.05, 4.69) is 45.1 Å². The number of unbranched alkanes of at least 4 members (excludes halogenated alkanes) is 25. The summed E-state index contributed by atoms with van der Waals surface area (Å²) in [6, 6.07) is 0. The second kappa shape index (κ2) is 41.6. The highest BCUT2D eigenvalue weighted by atomic mass is 16.6. The molecule has 6 nitrogen and oxygen atoms in total. The molecule has 304 valence electrons. The smallest absolute Gasteiger partial charge is 0.306 e. The molecule has 0 amide bonds. The number of allylic oxidation sites excluding steroid dienone is 4. The number of ether oxygens (including phenoxy) is 3. The Balaban J connectivity index is 4.20. The van der Waals surface area contributed by atoms with Crippen molar-refractivity contribution in [3.05, 3.63) is 24.3 Å². The molecule has 1 atom stereocenters. The summed E-state index contributed by atoms with van der Waals surface area (Å²) in [6.07, 6.45) is 44.7. The fraction of sp³-hybridized carbons (Fsp3) is 0.848. The molecule has 0 rings (SSSR count). The molecule has 0 radical (unpaired) electrons. The van der Waals surface area contributed by atoms with Crippen LogP contribution in [0.4, 0.5) is 0 Å². The molecule has 0 aliphatic carbocycles. The standard InChI is InChI=1S/C46H84O6/c1-4-7-10-13-16-18-20-21-22-23-24-25-26-27-29-30-33-36-39-45(48)51-42-43(41-50-44(47)38-35-32-15-12-9-6-3)52-46(49)40-37-34-31-28-19-17-14-11-8-5-2/h11,14,22-23,43H,4-10,12-13,15-21,24-42H2,1-3H3/b14-11-,23-22-. The Bertz CT molecular complexity index is 850. The zero-order valence-electron chi connectivity index (χ0n) is 34.6. The lowest BCUT2D eigenvalue weighted by molar-refractivity contribution is -0.167. The minimum Gasteiger partial charge on any atom is -0.462 e. The van der Waals surface area contributed by atoms with Crippen LogP contribution in [0.15, 0.2) is 24.3 Å². The highest BCUT2D eigenvalue weighted by Gasteiger charge is 2.19. The third-order valence-corrected chi connectivity index (χ3v) is 9.66. The van der Waals surface area contributed by atoms with Crippen molar-refractivity contribution in [2.45, 2.75) is 239 Å². The molecule has 0 aromatic rings. The molecule has 0 saturated heterocycles. The van der Waals surface area contributed by atoms with Crippen LogP contribution in [0.25, 0.3) is 0 Å². The Morgan fingerprint density at radius 3 is 1.04 bits per heavy atom. The SMILES string of the molecule is CCC/C=C\CCCCCCCC(=O)OC(COC(=O)CCCCCCCC)COC(=O)CCCCCCCCC/C=C\CCCCCCCCC. The van der Waals surface area contributed by atoms with Crippen molar-refractivity contribution in [2.24, 2.45) is 0 Å². The molecule has 0 aromatic heterocycles. The van der Waals surface area contributed by atoms with Crippen molar-refractivity contribution in [3.63, 3.8) is 0 Å². The molecule has 0 aliphatic rings. The summed E-state index contributed by atoms with van der Waals surface area (Å²) in [4.78, 5) is 37.4. The van der Waals surface area contributed by atoms with E-state index in [0.717, 1.165) is 77.0 Å². The Labute approximate surface area is 322 Å². The van der Waals surface area contributed by atoms with E-state index in [4.69, 9.17) is 14.2 Å². The van der Waals surface area contributed by atoms with Gasteiger partial charge in [-0.05, 0) is 64.2 Å². The van der Waals surface area contributed by atoms with Gasteiger partial charge in [0.05, 0.1) is 0 Å². The van der Waals surface area contributed by atoms with Crippen LogP contribution in [0.5, 0.6) is 0 Å². The summed E-state index contributed by atoms with van der Waals surface area (Å²) < 4.78 is 16.6. The van der Waals surface area contributed by atoms with Crippen molar-refractivity contribution in [2.75, 3.05) is 13.2 Å². The number of esters is 3. The maximum absolute atomic E-state index is 12.6. The highest BCUT2D eigenvalue weighted by Crippen LogP contribution is 2.14. The molecule has 6 heteroatoms. The van der Waals surface area contributed by atoms with Crippen molar-refractivity contribution in [1.82, 2.24) is 0 Å². The maximum atomic E-state index is 12.6. The molecule has 0 aromatic carbocycles. The lowest BCUT2D eigenvalue weighted by atomic mass is 10.1. The number of hydrogen-bond donors (Lipinski definition) is 0. The van der Waals surface area contributed by atoms with E-state index in [-0.39, 0.29) is 31.1 Å². The molecule has 0 heterocycles. The van der Waals surface area contributed by atoms with Crippen LogP contribution < -0.4 is 0 Å². The third-order valence-electron chi connectivity index (χ3n) is 9.66. The van der Waals surface area contributed by atoms with Gasteiger partial charge in [-0.3, -0.25) is 14.4 Å². The lowest BCUT2D eigenvalue weighted by Gasteiger charge is -2.18. The number of carbonyl (C=O) groups is 3. The third kappa shape index (κ3) is 39.1. The van der Waals surface area contributed by atoms with Crippen LogP contribution in [0, 0.1) is 0 Å². The fourth-order valence-electron chi connectivity index (χ4n) is 6.26. The zero-order valence-corrected chi connectivity index (χ0v) is 34.6. The fourth-order valence-corrected chi connectivity index (χ4v) is 6.26. The van der Waals surface area contributed by atoms with Gasteiger partial charge in [0.2, 0.25) is 0 Å². The molecule has 1 unspecified atom stereocenters. The van der Waals surface area contributed by atoms with Gasteiger partial charge in [-0.2, -0.15) is 0 Å². The molecule has 0 saturated carbocycles. The van der Waals surface area contributed by atoms with Gasteiger partial charge in [-0.15, -0.1) is 0 Å². The van der Waals surface area contributed by atoms with Crippen LogP contribution >= 0.6 is 0 Å². The summed E-state index contributed by atoms with van der Waals surface area (Å²) in [7, 11) is 0. The van der Waals surface area contributed by atoms with Crippen LogP contribution in [0.3, 0.4) is 0 Å². The quantitative estimate of drug-likeness (QED) is 0.0270. The molecule has 0 N–H and O–H groups in total. The van der Waals surface area contributed by atoms with Gasteiger partial charge in [0, 0.05) is 19.3 Å². The lowest BCUT2D eigenvalue weighted by Crippen LogP contribution is -2.30. The summed E-state index contributed by atoms with van der Waals surface area (Å²) in [5, 5.41) is 0. The number of carbonyl (C=O) groups excluding carboxylic acids is 3. The Kier molecular flexibility index (Phi) is 40.0. The van der Waals surface area contributed by atoms with Gasteiger partial charge in [0.15, 0.2) is 6.10 Å². The molecular formula is C46H84O6. The Hall–Kier alpha value is -2.11. The predicted octanol–water partition coefficient (Wildman–Crippen LogP) is 14.0. The molecule has 0 bridgehead atoms. The monoisotopic (exact) mass is 733 g/mol. The highest BCUT2D eigenvalue weighted by molar-refractivity contribution is 5.71. The minimum atomic E-state index is -0.768. The molecule has 0 spiro atoms. The van der Waals surface area contributed by atoms with E-state index in [0.29, 0.717) is 19.3 Å². The van der Waals surface area contributed by atoms with Gasteiger partial charge in [-0.25, -0.2) is 0 Å². The topological polar surface area (TPSA) is 78.9 Å². The van der Waals surface area contributed by atoms with Crippen LogP contribution in [-0.4, -0.2) is 37.2 Å². The van der Waals surface area contributed by atoms with Crippen LogP contribution in [-0.2, 0) is 28.6 Å². The van der Waals surface area contributed by atoms with Crippen LogP contribution in [0.2, 0.25) is 0 Å². The normalized spacial score (nSPS) is 12.1. The van der Waals surface area contributed by atoms with Crippen molar-refractivity contribution >= 4 is 17.9 Å². The second-order valence-corrected chi connectivity index (χ2v) is 15.0. The van der Waals surface area contributed by atoms with Crippen molar-refractivity contribution in [3.8, 4) is 0 Å². The van der Waals surface area contributed by atoms with Crippen molar-refractivity contribution in [1.29, 1.82) is 0 Å². The average molecular weight is 733 g/mol. The van der Waals surface area contributed by atoms with E-state index in [1.54, 1.807) is 0 Å². The first-order valence-corrected chi connectivity index (χ1v) is 22.3. The summed E-state index contributed by atoms with van der Waals surface area (Å²) >= 11 is 0. The molecule has 0 aliphatic heterocycles. The average Bonchev–Trinajstić information content (AvgIpc) is 3.14. The Morgan fingerprint density at radius 2 is 0.673 bits per heavy atom. The van der Waals surface area contributed by atoms with Gasteiger partial charge < -0.3 is 14.2 Å². The first kappa shape index (κ1) is 49.9. The molecular weight excluding hydrogens is 649 g/mol.